The van der Waals surface area contributed by atoms with Gasteiger partial charge in [-0.3, -0.25) is 4.79 Å². The van der Waals surface area contributed by atoms with Gasteiger partial charge in [0.15, 0.2) is 0 Å². The van der Waals surface area contributed by atoms with Crippen molar-refractivity contribution >= 4 is 17.7 Å². The molecule has 1 rings (SSSR count). The van der Waals surface area contributed by atoms with Crippen LogP contribution in [0, 0.1) is 5.92 Å². The summed E-state index contributed by atoms with van der Waals surface area (Å²) in [7, 11) is 3.27. The second-order valence-electron chi connectivity index (χ2n) is 5.40. The van der Waals surface area contributed by atoms with E-state index < -0.39 is 5.54 Å². The first-order valence-corrected chi connectivity index (χ1v) is 8.13. The third kappa shape index (κ3) is 4.81. The molecule has 0 aromatic carbocycles. The van der Waals surface area contributed by atoms with Gasteiger partial charge in [-0.2, -0.15) is 11.8 Å². The summed E-state index contributed by atoms with van der Waals surface area (Å²) in [6.07, 6.45) is 7.58. The van der Waals surface area contributed by atoms with Crippen molar-refractivity contribution in [2.45, 2.75) is 51.0 Å². The van der Waals surface area contributed by atoms with Crippen LogP contribution in [0.4, 0.5) is 0 Å². The van der Waals surface area contributed by atoms with E-state index in [-0.39, 0.29) is 5.97 Å². The molecule has 1 aliphatic rings. The van der Waals surface area contributed by atoms with Crippen LogP contribution in [0.1, 0.15) is 45.4 Å². The highest BCUT2D eigenvalue weighted by Crippen LogP contribution is 2.28. The molecule has 1 fully saturated rings. The predicted octanol–water partition coefficient (Wildman–Crippen LogP) is 2.84. The van der Waals surface area contributed by atoms with E-state index in [1.807, 2.05) is 25.7 Å². The molecule has 1 aliphatic carbocycles. The second-order valence-corrected chi connectivity index (χ2v) is 6.55. The molecular weight excluding hydrogens is 246 g/mol. The molecule has 0 aromatic heterocycles. The van der Waals surface area contributed by atoms with Crippen LogP contribution in [-0.2, 0) is 9.53 Å². The molecule has 1 unspecified atom stereocenters. The lowest BCUT2D eigenvalue weighted by Gasteiger charge is -2.25. The molecule has 0 aliphatic heterocycles. The summed E-state index contributed by atoms with van der Waals surface area (Å²) in [6, 6.07) is 0. The van der Waals surface area contributed by atoms with E-state index in [4.69, 9.17) is 4.74 Å². The Labute approximate surface area is 115 Å². The number of hydrogen-bond acceptors (Lipinski definition) is 4. The number of rotatable bonds is 8. The van der Waals surface area contributed by atoms with Crippen molar-refractivity contribution in [3.05, 3.63) is 0 Å². The quantitative estimate of drug-likeness (QED) is 0.545. The summed E-state index contributed by atoms with van der Waals surface area (Å²) >= 11 is 2.04. The molecule has 0 aromatic rings. The minimum atomic E-state index is -0.525. The molecule has 0 spiro atoms. The summed E-state index contributed by atoms with van der Waals surface area (Å²) in [5.74, 6) is 3.23. The molecule has 0 radical (unpaired) electrons. The van der Waals surface area contributed by atoms with Gasteiger partial charge in [-0.25, -0.2) is 0 Å². The van der Waals surface area contributed by atoms with Gasteiger partial charge in [-0.15, -0.1) is 0 Å². The van der Waals surface area contributed by atoms with Crippen LogP contribution in [0.2, 0.25) is 0 Å². The average molecular weight is 273 g/mol. The second kappa shape index (κ2) is 8.05. The van der Waals surface area contributed by atoms with Crippen molar-refractivity contribution in [1.82, 2.24) is 5.32 Å². The van der Waals surface area contributed by atoms with Crippen LogP contribution < -0.4 is 5.32 Å². The number of nitrogens with one attached hydrogen (secondary N) is 1. The fraction of sp³-hybridized carbons (Fsp3) is 0.929. The van der Waals surface area contributed by atoms with Gasteiger partial charge in [0.1, 0.15) is 5.54 Å². The first-order valence-electron chi connectivity index (χ1n) is 6.97. The van der Waals surface area contributed by atoms with Crippen LogP contribution in [0.5, 0.6) is 0 Å². The van der Waals surface area contributed by atoms with Gasteiger partial charge in [-0.05, 0) is 57.1 Å². The van der Waals surface area contributed by atoms with Crippen molar-refractivity contribution < 1.29 is 9.53 Å². The summed E-state index contributed by atoms with van der Waals surface area (Å²) < 4.78 is 4.84. The van der Waals surface area contributed by atoms with Crippen molar-refractivity contribution in [3.63, 3.8) is 0 Å². The van der Waals surface area contributed by atoms with Crippen LogP contribution in [0.25, 0.3) is 0 Å². The van der Waals surface area contributed by atoms with Gasteiger partial charge in [-0.1, -0.05) is 12.8 Å². The Bertz CT molecular complexity index is 254. The van der Waals surface area contributed by atoms with E-state index in [1.54, 1.807) is 0 Å². The van der Waals surface area contributed by atoms with Crippen LogP contribution in [-0.4, -0.2) is 37.2 Å². The number of carbonyl (C=O) groups excluding carboxylic acids is 1. The lowest BCUT2D eigenvalue weighted by Crippen LogP contribution is -2.48. The van der Waals surface area contributed by atoms with E-state index in [2.05, 4.69) is 5.32 Å². The molecule has 0 saturated heterocycles. The molecule has 1 N–H and O–H groups in total. The van der Waals surface area contributed by atoms with Crippen molar-refractivity contribution in [2.75, 3.05) is 25.7 Å². The van der Waals surface area contributed by atoms with E-state index >= 15 is 0 Å². The van der Waals surface area contributed by atoms with Gasteiger partial charge in [0, 0.05) is 0 Å². The zero-order valence-corrected chi connectivity index (χ0v) is 12.8. The molecule has 0 amide bonds. The largest absolute Gasteiger partial charge is 0.468 e. The highest BCUT2D eigenvalue weighted by Gasteiger charge is 2.31. The summed E-state index contributed by atoms with van der Waals surface area (Å²) in [6.45, 7) is 1.92. The van der Waals surface area contributed by atoms with Crippen molar-refractivity contribution in [2.24, 2.45) is 5.92 Å². The van der Waals surface area contributed by atoms with Crippen LogP contribution in [0.3, 0.4) is 0 Å². The van der Waals surface area contributed by atoms with Gasteiger partial charge in [0.25, 0.3) is 0 Å². The van der Waals surface area contributed by atoms with Crippen LogP contribution >= 0.6 is 11.8 Å². The number of ether oxygens (including phenoxy) is 1. The highest BCUT2D eigenvalue weighted by molar-refractivity contribution is 7.99. The zero-order valence-electron chi connectivity index (χ0n) is 12.0. The number of thioether (sulfide) groups is 1. The predicted molar refractivity (Wildman–Crippen MR) is 78.0 cm³/mol. The van der Waals surface area contributed by atoms with E-state index in [1.165, 1.54) is 38.5 Å². The normalized spacial score (nSPS) is 19.7. The standard InChI is InChI=1S/C14H27NO2S/c1-14(15-2,13(16)17-3)9-6-10-18-11-12-7-4-5-8-12/h12,15H,4-11H2,1-3H3. The molecule has 1 saturated carbocycles. The Hall–Kier alpha value is -0.220. The third-order valence-electron chi connectivity index (χ3n) is 3.98. The number of esters is 1. The minimum absolute atomic E-state index is 0.161. The fourth-order valence-electron chi connectivity index (χ4n) is 2.51. The van der Waals surface area contributed by atoms with Crippen molar-refractivity contribution in [3.8, 4) is 0 Å². The molecule has 106 valence electrons. The Kier molecular flexibility index (Phi) is 7.08. The average Bonchev–Trinajstić information content (AvgIpc) is 2.90. The number of methoxy groups -OCH3 is 1. The number of carbonyl (C=O) groups is 1. The Morgan fingerprint density at radius 2 is 2.11 bits per heavy atom. The van der Waals surface area contributed by atoms with Crippen molar-refractivity contribution in [1.29, 1.82) is 0 Å². The summed E-state index contributed by atoms with van der Waals surface area (Å²) in [5.41, 5.74) is -0.525. The Morgan fingerprint density at radius 1 is 1.44 bits per heavy atom. The molecule has 1 atom stereocenters. The van der Waals surface area contributed by atoms with E-state index in [9.17, 15) is 4.79 Å². The number of hydrogen-bond donors (Lipinski definition) is 1. The molecule has 4 heteroatoms. The van der Waals surface area contributed by atoms with Gasteiger partial charge < -0.3 is 10.1 Å². The minimum Gasteiger partial charge on any atom is -0.468 e. The first-order chi connectivity index (χ1) is 8.62. The lowest BCUT2D eigenvalue weighted by atomic mass is 9.97. The SMILES string of the molecule is CNC(C)(CCCSCC1CCCC1)C(=O)OC. The van der Waals surface area contributed by atoms with Crippen LogP contribution in [0.15, 0.2) is 0 Å². The Morgan fingerprint density at radius 3 is 2.67 bits per heavy atom. The smallest absolute Gasteiger partial charge is 0.325 e. The molecule has 0 heterocycles. The fourth-order valence-corrected chi connectivity index (χ4v) is 3.69. The summed E-state index contributed by atoms with van der Waals surface area (Å²) in [5, 5.41) is 3.08. The zero-order chi connectivity index (χ0) is 13.4. The molecule has 3 nitrogen and oxygen atoms in total. The monoisotopic (exact) mass is 273 g/mol. The molecule has 18 heavy (non-hydrogen) atoms. The van der Waals surface area contributed by atoms with E-state index in [0.717, 1.165) is 24.5 Å². The van der Waals surface area contributed by atoms with Gasteiger partial charge in [0.05, 0.1) is 7.11 Å². The maximum Gasteiger partial charge on any atom is 0.325 e. The molecular formula is C14H27NO2S. The third-order valence-corrected chi connectivity index (χ3v) is 5.27. The van der Waals surface area contributed by atoms with Gasteiger partial charge in [0.2, 0.25) is 0 Å². The molecule has 0 bridgehead atoms. The highest BCUT2D eigenvalue weighted by atomic mass is 32.2. The van der Waals surface area contributed by atoms with E-state index in [0.29, 0.717) is 0 Å². The maximum atomic E-state index is 11.6. The summed E-state index contributed by atoms with van der Waals surface area (Å²) in [4.78, 5) is 11.6. The topological polar surface area (TPSA) is 38.3 Å². The maximum absolute atomic E-state index is 11.6. The number of likely N-dealkylation sites (N-methyl/N-ethyl adjacent to an activating group) is 1. The Balaban J connectivity index is 2.13. The van der Waals surface area contributed by atoms with Gasteiger partial charge >= 0.3 is 5.97 Å². The first kappa shape index (κ1) is 15.8. The lowest BCUT2D eigenvalue weighted by molar-refractivity contribution is -0.148.